The van der Waals surface area contributed by atoms with Gasteiger partial charge in [0.2, 0.25) is 5.13 Å². The number of aryl methyl sites for hydroxylation is 1. The molecule has 0 unspecified atom stereocenters. The minimum Gasteiger partial charge on any atom is -0.489 e. The molecule has 4 rings (SSSR count). The summed E-state index contributed by atoms with van der Waals surface area (Å²) in [5, 5.41) is 18.0. The van der Waals surface area contributed by atoms with Crippen LogP contribution in [0.3, 0.4) is 0 Å². The van der Waals surface area contributed by atoms with E-state index in [2.05, 4.69) is 20.5 Å². The quantitative estimate of drug-likeness (QED) is 0.225. The Hall–Kier alpha value is -4.05. The number of thiazole rings is 1. The van der Waals surface area contributed by atoms with Gasteiger partial charge in [-0.1, -0.05) is 42.5 Å². The van der Waals surface area contributed by atoms with Crippen molar-refractivity contribution in [1.82, 2.24) is 14.5 Å². The first kappa shape index (κ1) is 21.2. The van der Waals surface area contributed by atoms with E-state index in [1.54, 1.807) is 13.1 Å². The van der Waals surface area contributed by atoms with Gasteiger partial charge in [-0.2, -0.15) is 5.10 Å². The molecule has 2 aromatic heterocycles. The molecule has 0 atom stereocenters. The molecular weight excluding hydrogens is 428 g/mol. The predicted octanol–water partition coefficient (Wildman–Crippen LogP) is 4.75. The number of anilines is 1. The SMILES string of the molecule is Cc1ncc([N+](=O)[O-])n1CCOc1cccc(/C=N/Nc2nc(-c3ccccc3)cs2)c1. The summed E-state index contributed by atoms with van der Waals surface area (Å²) >= 11 is 1.48. The second-order valence-corrected chi connectivity index (χ2v) is 7.63. The molecular formula is C22H20N6O3S. The smallest absolute Gasteiger partial charge is 0.342 e. The lowest BCUT2D eigenvalue weighted by atomic mass is 10.2. The third-order valence-corrected chi connectivity index (χ3v) is 5.36. The van der Waals surface area contributed by atoms with Gasteiger partial charge in [0.1, 0.15) is 25.1 Å². The molecule has 0 aliphatic rings. The second-order valence-electron chi connectivity index (χ2n) is 6.77. The average Bonchev–Trinajstić information content (AvgIpc) is 3.42. The molecule has 0 radical (unpaired) electrons. The maximum atomic E-state index is 11.1. The lowest BCUT2D eigenvalue weighted by Gasteiger charge is -2.07. The summed E-state index contributed by atoms with van der Waals surface area (Å²) in [7, 11) is 0. The molecule has 4 aromatic rings. The number of hydrogen-bond donors (Lipinski definition) is 1. The van der Waals surface area contributed by atoms with E-state index in [0.717, 1.165) is 16.8 Å². The van der Waals surface area contributed by atoms with E-state index in [0.29, 0.717) is 23.3 Å². The molecule has 162 valence electrons. The Morgan fingerprint density at radius 1 is 1.25 bits per heavy atom. The first-order valence-electron chi connectivity index (χ1n) is 9.79. The summed E-state index contributed by atoms with van der Waals surface area (Å²) in [5.74, 6) is 1.18. The highest BCUT2D eigenvalue weighted by atomic mass is 32.1. The fourth-order valence-corrected chi connectivity index (χ4v) is 3.71. The summed E-state index contributed by atoms with van der Waals surface area (Å²) < 4.78 is 7.28. The molecule has 9 nitrogen and oxygen atoms in total. The normalized spacial score (nSPS) is 11.0. The average molecular weight is 449 g/mol. The molecule has 0 saturated heterocycles. The third-order valence-electron chi connectivity index (χ3n) is 4.61. The number of imidazole rings is 1. The van der Waals surface area contributed by atoms with E-state index in [4.69, 9.17) is 4.74 Å². The summed E-state index contributed by atoms with van der Waals surface area (Å²) in [6.07, 6.45) is 2.94. The minimum absolute atomic E-state index is 0.0457. The van der Waals surface area contributed by atoms with Crippen molar-refractivity contribution in [1.29, 1.82) is 0 Å². The van der Waals surface area contributed by atoms with Crippen LogP contribution in [0.1, 0.15) is 11.4 Å². The zero-order valence-electron chi connectivity index (χ0n) is 17.2. The Kier molecular flexibility index (Phi) is 6.52. The van der Waals surface area contributed by atoms with Crippen molar-refractivity contribution in [3.63, 3.8) is 0 Å². The second kappa shape index (κ2) is 9.84. The van der Waals surface area contributed by atoms with E-state index in [1.165, 1.54) is 22.1 Å². The highest BCUT2D eigenvalue weighted by Crippen LogP contribution is 2.24. The fourth-order valence-electron chi connectivity index (χ4n) is 3.05. The summed E-state index contributed by atoms with van der Waals surface area (Å²) in [6.45, 7) is 2.33. The van der Waals surface area contributed by atoms with Gasteiger partial charge in [-0.3, -0.25) is 5.43 Å². The maximum absolute atomic E-state index is 11.1. The minimum atomic E-state index is -0.449. The Bertz CT molecular complexity index is 1240. The van der Waals surface area contributed by atoms with Crippen LogP contribution in [0.4, 0.5) is 10.9 Å². The fraction of sp³-hybridized carbons (Fsp3) is 0.136. The van der Waals surface area contributed by atoms with Gasteiger partial charge in [-0.05, 0) is 22.6 Å². The van der Waals surface area contributed by atoms with Gasteiger partial charge in [0.25, 0.3) is 0 Å². The molecule has 0 amide bonds. The van der Waals surface area contributed by atoms with Crippen molar-refractivity contribution in [2.24, 2.45) is 5.10 Å². The Labute approximate surface area is 188 Å². The van der Waals surface area contributed by atoms with E-state index in [9.17, 15) is 10.1 Å². The molecule has 2 heterocycles. The first-order valence-corrected chi connectivity index (χ1v) is 10.7. The third kappa shape index (κ3) is 5.16. The van der Waals surface area contributed by atoms with Crippen LogP contribution < -0.4 is 10.2 Å². The summed E-state index contributed by atoms with van der Waals surface area (Å²) in [6, 6.07) is 17.4. The maximum Gasteiger partial charge on any atom is 0.342 e. The molecule has 0 aliphatic heterocycles. The Morgan fingerprint density at radius 2 is 2.09 bits per heavy atom. The summed E-state index contributed by atoms with van der Waals surface area (Å²) in [4.78, 5) is 19.1. The zero-order valence-corrected chi connectivity index (χ0v) is 18.0. The van der Waals surface area contributed by atoms with Crippen LogP contribution in [0.25, 0.3) is 11.3 Å². The number of rotatable bonds is 9. The highest BCUT2D eigenvalue weighted by Gasteiger charge is 2.16. The van der Waals surface area contributed by atoms with Gasteiger partial charge < -0.3 is 14.9 Å². The standard InChI is InChI=1S/C22H20N6O3S/c1-16-23-14-21(28(29)30)27(16)10-11-31-19-9-5-6-17(12-19)13-24-26-22-25-20(15-32-22)18-7-3-2-4-8-18/h2-9,12-15H,10-11H2,1H3,(H,25,26)/b24-13+. The van der Waals surface area contributed by atoms with Crippen molar-refractivity contribution < 1.29 is 9.66 Å². The van der Waals surface area contributed by atoms with Gasteiger partial charge >= 0.3 is 5.82 Å². The number of aromatic nitrogens is 3. The van der Waals surface area contributed by atoms with Gasteiger partial charge in [-0.25, -0.2) is 14.5 Å². The molecule has 0 fully saturated rings. The van der Waals surface area contributed by atoms with Crippen LogP contribution >= 0.6 is 11.3 Å². The first-order chi connectivity index (χ1) is 15.6. The number of nitro groups is 1. The molecule has 1 N–H and O–H groups in total. The molecule has 2 aromatic carbocycles. The molecule has 0 bridgehead atoms. The zero-order chi connectivity index (χ0) is 22.3. The van der Waals surface area contributed by atoms with E-state index >= 15 is 0 Å². The van der Waals surface area contributed by atoms with E-state index < -0.39 is 4.92 Å². The lowest BCUT2D eigenvalue weighted by molar-refractivity contribution is -0.392. The van der Waals surface area contributed by atoms with Crippen LogP contribution in [0.15, 0.2) is 71.3 Å². The number of ether oxygens (including phenoxy) is 1. The van der Waals surface area contributed by atoms with E-state index in [-0.39, 0.29) is 12.4 Å². The van der Waals surface area contributed by atoms with Crippen LogP contribution in [0, 0.1) is 17.0 Å². The lowest BCUT2D eigenvalue weighted by Crippen LogP contribution is -2.11. The van der Waals surface area contributed by atoms with E-state index in [1.807, 2.05) is 60.0 Å². The van der Waals surface area contributed by atoms with Crippen molar-refractivity contribution in [3.8, 4) is 17.0 Å². The predicted molar refractivity (Wildman–Crippen MR) is 124 cm³/mol. The van der Waals surface area contributed by atoms with Gasteiger partial charge in [0, 0.05) is 17.9 Å². The summed E-state index contributed by atoms with van der Waals surface area (Å²) in [5.41, 5.74) is 5.75. The Morgan fingerprint density at radius 3 is 2.91 bits per heavy atom. The van der Waals surface area contributed by atoms with Gasteiger partial charge in [0.05, 0.1) is 11.9 Å². The molecule has 32 heavy (non-hydrogen) atoms. The molecule has 0 spiro atoms. The largest absolute Gasteiger partial charge is 0.489 e. The molecule has 0 saturated carbocycles. The number of hydrogen-bond acceptors (Lipinski definition) is 8. The van der Waals surface area contributed by atoms with Crippen molar-refractivity contribution in [2.45, 2.75) is 13.5 Å². The van der Waals surface area contributed by atoms with Crippen LogP contribution in [-0.4, -0.2) is 32.3 Å². The molecule has 10 heteroatoms. The number of nitrogens with zero attached hydrogens (tertiary/aromatic N) is 5. The monoisotopic (exact) mass is 448 g/mol. The molecule has 0 aliphatic carbocycles. The number of hydrazone groups is 1. The van der Waals surface area contributed by atoms with Crippen molar-refractivity contribution in [2.75, 3.05) is 12.0 Å². The number of benzene rings is 2. The van der Waals surface area contributed by atoms with Crippen LogP contribution in [0.2, 0.25) is 0 Å². The van der Waals surface area contributed by atoms with Crippen LogP contribution in [-0.2, 0) is 6.54 Å². The topological polar surface area (TPSA) is 107 Å². The van der Waals surface area contributed by atoms with Gasteiger partial charge in [0.15, 0.2) is 5.82 Å². The van der Waals surface area contributed by atoms with Crippen molar-refractivity contribution >= 4 is 28.5 Å². The van der Waals surface area contributed by atoms with Gasteiger partial charge in [-0.15, -0.1) is 11.3 Å². The highest BCUT2D eigenvalue weighted by molar-refractivity contribution is 7.14. The van der Waals surface area contributed by atoms with Crippen molar-refractivity contribution in [3.05, 3.63) is 87.7 Å². The Balaban J connectivity index is 1.32. The van der Waals surface area contributed by atoms with Crippen LogP contribution in [0.5, 0.6) is 5.75 Å². The number of nitrogens with one attached hydrogen (secondary N) is 1.